The second-order valence-electron chi connectivity index (χ2n) is 8.18. The van der Waals surface area contributed by atoms with Crippen molar-refractivity contribution in [3.05, 3.63) is 59.9 Å². The highest BCUT2D eigenvalue weighted by Gasteiger charge is 2.19. The van der Waals surface area contributed by atoms with E-state index < -0.39 is 5.97 Å². The van der Waals surface area contributed by atoms with E-state index in [9.17, 15) is 9.59 Å². The summed E-state index contributed by atoms with van der Waals surface area (Å²) in [7, 11) is 1.80. The van der Waals surface area contributed by atoms with Gasteiger partial charge in [0.25, 0.3) is 0 Å². The van der Waals surface area contributed by atoms with Crippen molar-refractivity contribution >= 4 is 23.8 Å². The van der Waals surface area contributed by atoms with Gasteiger partial charge in [-0.1, -0.05) is 55.7 Å². The number of rotatable bonds is 8. The zero-order valence-electron chi connectivity index (χ0n) is 19.8. The van der Waals surface area contributed by atoms with Gasteiger partial charge in [-0.15, -0.1) is 0 Å². The maximum atomic E-state index is 12.7. The molecule has 3 rings (SSSR count). The van der Waals surface area contributed by atoms with Crippen LogP contribution in [0, 0.1) is 0 Å². The molecule has 0 spiro atoms. The highest BCUT2D eigenvalue weighted by Crippen LogP contribution is 2.26. The summed E-state index contributed by atoms with van der Waals surface area (Å²) in [5.74, 6) is -0.273. The number of nitrogens with one attached hydrogen (secondary N) is 1. The van der Waals surface area contributed by atoms with E-state index in [2.05, 4.69) is 5.32 Å². The van der Waals surface area contributed by atoms with E-state index in [-0.39, 0.29) is 17.8 Å². The molecule has 0 heterocycles. The van der Waals surface area contributed by atoms with E-state index in [0.29, 0.717) is 13.2 Å². The maximum absolute atomic E-state index is 12.7. The van der Waals surface area contributed by atoms with Crippen LogP contribution in [0.4, 0.5) is 10.5 Å². The third kappa shape index (κ3) is 6.85. The molecule has 1 fully saturated rings. The van der Waals surface area contributed by atoms with Gasteiger partial charge >= 0.3 is 12.0 Å². The minimum Gasteiger partial charge on any atom is -0.487 e. The second kappa shape index (κ2) is 12.1. The third-order valence-electron chi connectivity index (χ3n) is 5.79. The Balaban J connectivity index is 1.72. The van der Waals surface area contributed by atoms with Gasteiger partial charge in [0.05, 0.1) is 13.2 Å². The second-order valence-corrected chi connectivity index (χ2v) is 8.18. The number of hydrogen-bond acceptors (Lipinski definition) is 4. The molecule has 0 aromatic heterocycles. The van der Waals surface area contributed by atoms with E-state index in [1.807, 2.05) is 55.5 Å². The highest BCUT2D eigenvalue weighted by atomic mass is 16.6. The Bertz CT molecular complexity index is 962. The molecule has 0 saturated heterocycles. The number of urea groups is 1. The van der Waals surface area contributed by atoms with E-state index in [4.69, 9.17) is 9.47 Å². The molecule has 0 radical (unpaired) electrons. The summed E-state index contributed by atoms with van der Waals surface area (Å²) in [6.45, 7) is 4.28. The zero-order valence-corrected chi connectivity index (χ0v) is 19.8. The van der Waals surface area contributed by atoms with Crippen LogP contribution in [0.25, 0.3) is 17.2 Å². The summed E-state index contributed by atoms with van der Waals surface area (Å²) in [6.07, 6.45) is 7.42. The van der Waals surface area contributed by atoms with Gasteiger partial charge in [0, 0.05) is 18.8 Å². The summed E-state index contributed by atoms with van der Waals surface area (Å²) < 4.78 is 10.5. The van der Waals surface area contributed by atoms with Crippen molar-refractivity contribution in [2.75, 3.05) is 25.2 Å². The summed E-state index contributed by atoms with van der Waals surface area (Å²) >= 11 is 0. The van der Waals surface area contributed by atoms with Crippen molar-refractivity contribution < 1.29 is 19.1 Å². The molecule has 0 atom stereocenters. The molecule has 33 heavy (non-hydrogen) atoms. The molecule has 1 aliphatic carbocycles. The van der Waals surface area contributed by atoms with Gasteiger partial charge in [-0.05, 0) is 61.6 Å². The number of ether oxygens (including phenoxy) is 2. The predicted octanol–water partition coefficient (Wildman–Crippen LogP) is 5.77. The van der Waals surface area contributed by atoms with Gasteiger partial charge in [0.2, 0.25) is 5.76 Å². The van der Waals surface area contributed by atoms with E-state index >= 15 is 0 Å². The normalized spacial score (nSPS) is 14.5. The lowest BCUT2D eigenvalue weighted by Crippen LogP contribution is -2.43. The monoisotopic (exact) mass is 450 g/mol. The first-order chi connectivity index (χ1) is 16.0. The van der Waals surface area contributed by atoms with E-state index in [1.165, 1.54) is 19.3 Å². The van der Waals surface area contributed by atoms with Gasteiger partial charge in [-0.25, -0.2) is 9.59 Å². The fraction of sp³-hybridized carbons (Fsp3) is 0.407. The van der Waals surface area contributed by atoms with Crippen LogP contribution in [-0.4, -0.2) is 38.3 Å². The number of benzene rings is 2. The van der Waals surface area contributed by atoms with Crippen molar-refractivity contribution in [1.29, 1.82) is 0 Å². The van der Waals surface area contributed by atoms with E-state index in [1.54, 1.807) is 24.9 Å². The lowest BCUT2D eigenvalue weighted by atomic mass is 9.96. The van der Waals surface area contributed by atoms with Crippen LogP contribution in [0.15, 0.2) is 54.3 Å². The first-order valence-electron chi connectivity index (χ1n) is 11.8. The smallest absolute Gasteiger partial charge is 0.373 e. The fourth-order valence-electron chi connectivity index (χ4n) is 3.97. The van der Waals surface area contributed by atoms with Crippen LogP contribution < -0.4 is 10.2 Å². The molecular weight excluding hydrogens is 416 g/mol. The molecule has 176 valence electrons. The average molecular weight is 451 g/mol. The number of hydrogen-bond donors (Lipinski definition) is 1. The van der Waals surface area contributed by atoms with Crippen LogP contribution in [0.5, 0.6) is 0 Å². The molecule has 2 amide bonds. The van der Waals surface area contributed by atoms with Crippen LogP contribution >= 0.6 is 0 Å². The molecule has 6 nitrogen and oxygen atoms in total. The van der Waals surface area contributed by atoms with Gasteiger partial charge in [0.15, 0.2) is 0 Å². The van der Waals surface area contributed by atoms with Crippen molar-refractivity contribution in [3.63, 3.8) is 0 Å². The van der Waals surface area contributed by atoms with Crippen molar-refractivity contribution in [2.45, 2.75) is 52.0 Å². The molecule has 2 aromatic carbocycles. The number of nitrogens with zero attached hydrogens (tertiary/aromatic N) is 1. The van der Waals surface area contributed by atoms with Gasteiger partial charge in [-0.3, -0.25) is 4.90 Å². The largest absolute Gasteiger partial charge is 0.487 e. The number of carbonyl (C=O) groups is 2. The number of amides is 2. The van der Waals surface area contributed by atoms with Gasteiger partial charge < -0.3 is 14.8 Å². The Morgan fingerprint density at radius 1 is 0.970 bits per heavy atom. The van der Waals surface area contributed by atoms with Crippen LogP contribution in [-0.2, 0) is 14.3 Å². The lowest BCUT2D eigenvalue weighted by molar-refractivity contribution is -0.142. The summed E-state index contributed by atoms with van der Waals surface area (Å²) in [5, 5.41) is 3.16. The molecule has 1 aliphatic rings. The Labute approximate surface area is 196 Å². The molecule has 1 saturated carbocycles. The third-order valence-corrected chi connectivity index (χ3v) is 5.79. The predicted molar refractivity (Wildman–Crippen MR) is 132 cm³/mol. The standard InChI is InChI=1S/C27H34N2O4/c1-4-32-25(26(30)33-5-2)18-20-14-16-21(17-15-20)22-10-9-13-24(19-22)29(3)27(31)28-23-11-7-6-8-12-23/h9-10,13-19,23H,4-8,11-12H2,1-3H3,(H,28,31). The summed E-state index contributed by atoms with van der Waals surface area (Å²) in [6, 6.07) is 16.0. The Morgan fingerprint density at radius 2 is 1.67 bits per heavy atom. The molecule has 0 aliphatic heterocycles. The van der Waals surface area contributed by atoms with Crippen molar-refractivity contribution in [3.8, 4) is 11.1 Å². The average Bonchev–Trinajstić information content (AvgIpc) is 2.84. The fourth-order valence-corrected chi connectivity index (χ4v) is 3.97. The topological polar surface area (TPSA) is 67.9 Å². The van der Waals surface area contributed by atoms with Gasteiger partial charge in [0.1, 0.15) is 0 Å². The number of esters is 1. The lowest BCUT2D eigenvalue weighted by Gasteiger charge is -2.26. The Morgan fingerprint density at radius 3 is 2.33 bits per heavy atom. The van der Waals surface area contributed by atoms with Crippen molar-refractivity contribution in [2.24, 2.45) is 0 Å². The van der Waals surface area contributed by atoms with Crippen molar-refractivity contribution in [1.82, 2.24) is 5.32 Å². The first kappa shape index (κ1) is 24.4. The first-order valence-corrected chi connectivity index (χ1v) is 11.8. The number of carbonyl (C=O) groups excluding carboxylic acids is 2. The summed E-state index contributed by atoms with van der Waals surface area (Å²) in [4.78, 5) is 26.4. The Hall–Kier alpha value is -3.28. The molecular formula is C27H34N2O4. The molecule has 0 bridgehead atoms. The minimum absolute atomic E-state index is 0.0676. The quantitative estimate of drug-likeness (QED) is 0.315. The zero-order chi connectivity index (χ0) is 23.6. The van der Waals surface area contributed by atoms with Crippen LogP contribution in [0.2, 0.25) is 0 Å². The van der Waals surface area contributed by atoms with Gasteiger partial charge in [-0.2, -0.15) is 0 Å². The van der Waals surface area contributed by atoms with Crippen LogP contribution in [0.1, 0.15) is 51.5 Å². The Kier molecular flexibility index (Phi) is 8.93. The molecule has 0 unspecified atom stereocenters. The summed E-state index contributed by atoms with van der Waals surface area (Å²) in [5.41, 5.74) is 3.71. The minimum atomic E-state index is -0.467. The van der Waals surface area contributed by atoms with Crippen LogP contribution in [0.3, 0.4) is 0 Å². The molecule has 6 heteroatoms. The highest BCUT2D eigenvalue weighted by molar-refractivity contribution is 5.93. The van der Waals surface area contributed by atoms with E-state index in [0.717, 1.165) is 35.2 Å². The molecule has 1 N–H and O–H groups in total. The maximum Gasteiger partial charge on any atom is 0.373 e. The SMILES string of the molecule is CCOC(=O)C(=Cc1ccc(-c2cccc(N(C)C(=O)NC3CCCCC3)c2)cc1)OCC. The molecule has 2 aromatic rings. The number of anilines is 1.